The molecule has 0 aliphatic carbocycles. The van der Waals surface area contributed by atoms with Gasteiger partial charge in [0.1, 0.15) is 6.04 Å². The molecule has 2 aromatic carbocycles. The third-order valence-electron chi connectivity index (χ3n) is 5.00. The summed E-state index contributed by atoms with van der Waals surface area (Å²) in [6.07, 6.45) is 0.506. The number of carbonyl (C=O) groups is 2. The number of nitrogens with one attached hydrogen (secondary N) is 1. The third kappa shape index (κ3) is 8.53. The second kappa shape index (κ2) is 11.8. The minimum absolute atomic E-state index is 0.0414. The van der Waals surface area contributed by atoms with Gasteiger partial charge >= 0.3 is 0 Å². The van der Waals surface area contributed by atoms with Crippen molar-refractivity contribution in [3.05, 3.63) is 75.3 Å². The summed E-state index contributed by atoms with van der Waals surface area (Å²) in [7, 11) is 0. The van der Waals surface area contributed by atoms with Gasteiger partial charge in [0, 0.05) is 30.0 Å². The van der Waals surface area contributed by atoms with Crippen molar-refractivity contribution < 1.29 is 14.5 Å². The molecule has 1 N–H and O–H groups in total. The van der Waals surface area contributed by atoms with E-state index in [2.05, 4.69) is 5.32 Å². The Morgan fingerprint density at radius 2 is 1.64 bits per heavy atom. The lowest BCUT2D eigenvalue weighted by molar-refractivity contribution is -0.384. The van der Waals surface area contributed by atoms with Crippen LogP contribution in [0.2, 0.25) is 0 Å². The van der Waals surface area contributed by atoms with Crippen LogP contribution in [-0.4, -0.2) is 39.0 Å². The summed E-state index contributed by atoms with van der Waals surface area (Å²) >= 11 is 1.43. The minimum atomic E-state index is -0.571. The molecule has 0 saturated carbocycles. The van der Waals surface area contributed by atoms with Crippen LogP contribution in [0.5, 0.6) is 0 Å². The molecule has 2 rings (SSSR count). The van der Waals surface area contributed by atoms with E-state index in [4.69, 9.17) is 0 Å². The normalized spacial score (nSPS) is 12.2. The molecule has 0 fully saturated rings. The molecule has 0 bridgehead atoms. The predicted octanol–water partition coefficient (Wildman–Crippen LogP) is 4.86. The van der Waals surface area contributed by atoms with Gasteiger partial charge in [0.05, 0.1) is 10.7 Å². The molecule has 0 spiro atoms. The number of nitro groups is 1. The summed E-state index contributed by atoms with van der Waals surface area (Å²) in [5.41, 5.74) is 2.65. The summed E-state index contributed by atoms with van der Waals surface area (Å²) in [5, 5.41) is 13.8. The van der Waals surface area contributed by atoms with Crippen molar-refractivity contribution in [2.24, 2.45) is 0 Å². The number of non-ortho nitro benzene ring substituents is 1. The summed E-state index contributed by atoms with van der Waals surface area (Å²) in [5.74, 6) is 0.485. The Kier molecular flexibility index (Phi) is 9.46. The Hall–Kier alpha value is -2.87. The van der Waals surface area contributed by atoms with Gasteiger partial charge < -0.3 is 10.2 Å². The number of hydrogen-bond acceptors (Lipinski definition) is 5. The maximum Gasteiger partial charge on any atom is 0.269 e. The molecule has 1 atom stereocenters. The Bertz CT molecular complexity index is 953. The van der Waals surface area contributed by atoms with E-state index in [1.165, 1.54) is 23.9 Å². The summed E-state index contributed by atoms with van der Waals surface area (Å²) < 4.78 is 0. The highest BCUT2D eigenvalue weighted by Gasteiger charge is 2.30. The van der Waals surface area contributed by atoms with Gasteiger partial charge in [-0.15, -0.1) is 11.8 Å². The van der Waals surface area contributed by atoms with Gasteiger partial charge in [0.15, 0.2) is 0 Å². The second-order valence-electron chi connectivity index (χ2n) is 9.09. The molecule has 0 aliphatic rings. The molecule has 0 saturated heterocycles. The van der Waals surface area contributed by atoms with Crippen LogP contribution in [0.4, 0.5) is 5.69 Å². The van der Waals surface area contributed by atoms with E-state index in [1.807, 2.05) is 58.9 Å². The van der Waals surface area contributed by atoms with E-state index < -0.39 is 16.5 Å². The van der Waals surface area contributed by atoms with Crippen molar-refractivity contribution in [3.8, 4) is 0 Å². The fraction of sp³-hybridized carbons (Fsp3) is 0.440. The number of nitro benzene ring substituents is 1. The summed E-state index contributed by atoms with van der Waals surface area (Å²) in [4.78, 5) is 38.3. The first-order valence-corrected chi connectivity index (χ1v) is 12.1. The van der Waals surface area contributed by atoms with Crippen molar-refractivity contribution in [1.82, 2.24) is 10.2 Å². The van der Waals surface area contributed by atoms with Gasteiger partial charge in [-0.05, 0) is 45.2 Å². The number of carbonyl (C=O) groups excluding carboxylic acids is 2. The number of benzene rings is 2. The van der Waals surface area contributed by atoms with Crippen LogP contribution in [0.25, 0.3) is 0 Å². The van der Waals surface area contributed by atoms with Gasteiger partial charge in [0.2, 0.25) is 11.8 Å². The molecule has 2 amide bonds. The highest BCUT2D eigenvalue weighted by atomic mass is 32.2. The fourth-order valence-electron chi connectivity index (χ4n) is 3.32. The molecule has 7 nitrogen and oxygen atoms in total. The quantitative estimate of drug-likeness (QED) is 0.395. The monoisotopic (exact) mass is 471 g/mol. The molecule has 2 aromatic rings. The van der Waals surface area contributed by atoms with Crippen LogP contribution in [0.1, 0.15) is 50.8 Å². The van der Waals surface area contributed by atoms with E-state index in [9.17, 15) is 19.7 Å². The average molecular weight is 472 g/mol. The van der Waals surface area contributed by atoms with Gasteiger partial charge in [-0.2, -0.15) is 0 Å². The Labute approximate surface area is 200 Å². The second-order valence-corrected chi connectivity index (χ2v) is 10.1. The van der Waals surface area contributed by atoms with Crippen LogP contribution in [0.15, 0.2) is 48.5 Å². The van der Waals surface area contributed by atoms with E-state index in [0.29, 0.717) is 18.7 Å². The molecular formula is C25H33N3O4S. The zero-order chi connectivity index (χ0) is 24.6. The van der Waals surface area contributed by atoms with Gasteiger partial charge in [-0.1, -0.05) is 48.9 Å². The smallest absolute Gasteiger partial charge is 0.269 e. The summed E-state index contributed by atoms with van der Waals surface area (Å²) in [6.45, 7) is 10.0. The fourth-order valence-corrected chi connectivity index (χ4v) is 4.19. The molecule has 0 aromatic heterocycles. The van der Waals surface area contributed by atoms with Crippen LogP contribution in [0.3, 0.4) is 0 Å². The first-order chi connectivity index (χ1) is 15.5. The van der Waals surface area contributed by atoms with Crippen LogP contribution in [0, 0.1) is 17.0 Å². The lowest BCUT2D eigenvalue weighted by atomic mass is 10.1. The van der Waals surface area contributed by atoms with Crippen LogP contribution in [-0.2, 0) is 21.9 Å². The highest BCUT2D eigenvalue weighted by molar-refractivity contribution is 7.99. The van der Waals surface area contributed by atoms with E-state index >= 15 is 0 Å². The third-order valence-corrected chi connectivity index (χ3v) is 5.99. The highest BCUT2D eigenvalue weighted by Crippen LogP contribution is 2.20. The van der Waals surface area contributed by atoms with E-state index in [1.54, 1.807) is 17.0 Å². The maximum atomic E-state index is 13.3. The zero-order valence-electron chi connectivity index (χ0n) is 20.0. The summed E-state index contributed by atoms with van der Waals surface area (Å²) in [6, 6.07) is 13.7. The lowest BCUT2D eigenvalue weighted by Gasteiger charge is -2.33. The van der Waals surface area contributed by atoms with Crippen LogP contribution >= 0.6 is 11.8 Å². The number of nitrogens with zero attached hydrogens (tertiary/aromatic N) is 2. The number of amides is 2. The maximum absolute atomic E-state index is 13.3. The van der Waals surface area contributed by atoms with E-state index in [0.717, 1.165) is 16.7 Å². The number of aryl methyl sites for hydroxylation is 1. The van der Waals surface area contributed by atoms with Gasteiger partial charge in [-0.25, -0.2) is 0 Å². The van der Waals surface area contributed by atoms with Crippen molar-refractivity contribution in [3.63, 3.8) is 0 Å². The van der Waals surface area contributed by atoms with Crippen LogP contribution < -0.4 is 5.32 Å². The molecular weight excluding hydrogens is 438 g/mol. The van der Waals surface area contributed by atoms with E-state index in [-0.39, 0.29) is 23.3 Å². The van der Waals surface area contributed by atoms with Gasteiger partial charge in [-0.3, -0.25) is 19.7 Å². The first-order valence-electron chi connectivity index (χ1n) is 11.0. The Balaban J connectivity index is 2.12. The predicted molar refractivity (Wildman–Crippen MR) is 133 cm³/mol. The largest absolute Gasteiger partial charge is 0.350 e. The molecule has 0 aliphatic heterocycles. The molecule has 8 heteroatoms. The molecule has 1 unspecified atom stereocenters. The molecule has 178 valence electrons. The molecule has 0 heterocycles. The molecule has 0 radical (unpaired) electrons. The Morgan fingerprint density at radius 3 is 2.15 bits per heavy atom. The van der Waals surface area contributed by atoms with Gasteiger partial charge in [0.25, 0.3) is 5.69 Å². The average Bonchev–Trinajstić information content (AvgIpc) is 2.74. The number of rotatable bonds is 10. The SMILES string of the molecule is CCC(C(=O)NC(C)(C)C)N(Cc1ccc(C)cc1)C(=O)CSCc1ccc([N+](=O)[O-])cc1. The number of hydrogen-bond donors (Lipinski definition) is 1. The lowest BCUT2D eigenvalue weighted by Crippen LogP contribution is -2.53. The first kappa shape index (κ1) is 26.4. The van der Waals surface area contributed by atoms with Crippen molar-refractivity contribution in [1.29, 1.82) is 0 Å². The standard InChI is InChI=1S/C25H33N3O4S/c1-6-22(24(30)26-25(3,4)5)27(15-19-9-7-18(2)8-10-19)23(29)17-33-16-20-11-13-21(14-12-20)28(31)32/h7-14,22H,6,15-17H2,1-5H3,(H,26,30). The molecule has 33 heavy (non-hydrogen) atoms. The zero-order valence-corrected chi connectivity index (χ0v) is 20.8. The van der Waals surface area contributed by atoms with Crippen molar-refractivity contribution >= 4 is 29.3 Å². The minimum Gasteiger partial charge on any atom is -0.350 e. The number of thioether (sulfide) groups is 1. The topological polar surface area (TPSA) is 92.6 Å². The Morgan fingerprint density at radius 1 is 1.06 bits per heavy atom. The van der Waals surface area contributed by atoms with Crippen molar-refractivity contribution in [2.75, 3.05) is 5.75 Å². The van der Waals surface area contributed by atoms with Crippen molar-refractivity contribution in [2.45, 2.75) is 64.9 Å².